The van der Waals surface area contributed by atoms with Crippen LogP contribution in [0.15, 0.2) is 66.7 Å². The van der Waals surface area contributed by atoms with Crippen molar-refractivity contribution in [2.45, 2.75) is 20.0 Å². The van der Waals surface area contributed by atoms with Gasteiger partial charge in [0.15, 0.2) is 5.13 Å². The molecule has 2 aromatic carbocycles. The van der Waals surface area contributed by atoms with Gasteiger partial charge in [0.1, 0.15) is 17.2 Å². The number of ether oxygens (including phenoxy) is 2. The zero-order valence-electron chi connectivity index (χ0n) is 17.7. The van der Waals surface area contributed by atoms with Crippen molar-refractivity contribution in [1.82, 2.24) is 4.98 Å². The predicted molar refractivity (Wildman–Crippen MR) is 129 cm³/mol. The first-order valence-electron chi connectivity index (χ1n) is 9.95. The monoisotopic (exact) mass is 481 g/mol. The average molecular weight is 482 g/mol. The number of carbonyl (C=O) groups excluding carboxylic acids is 1. The van der Waals surface area contributed by atoms with Crippen LogP contribution in [0.2, 0.25) is 0 Å². The quantitative estimate of drug-likeness (QED) is 0.224. The molecule has 33 heavy (non-hydrogen) atoms. The van der Waals surface area contributed by atoms with Crippen LogP contribution >= 0.6 is 22.7 Å². The summed E-state index contributed by atoms with van der Waals surface area (Å²) in [5.41, 5.74) is 1.35. The molecule has 0 bridgehead atoms. The predicted octanol–water partition coefficient (Wildman–Crippen LogP) is 6.61. The number of hydrogen-bond donors (Lipinski definition) is 1. The van der Waals surface area contributed by atoms with Crippen LogP contribution in [0.4, 0.5) is 10.1 Å². The summed E-state index contributed by atoms with van der Waals surface area (Å²) in [6, 6.07) is 19.4. The van der Waals surface area contributed by atoms with E-state index in [1.54, 1.807) is 0 Å². The molecule has 168 valence electrons. The fourth-order valence-electron chi connectivity index (χ4n) is 2.88. The van der Waals surface area contributed by atoms with Crippen LogP contribution in [0.25, 0.3) is 11.3 Å². The van der Waals surface area contributed by atoms with Gasteiger partial charge in [-0.15, -0.1) is 0 Å². The van der Waals surface area contributed by atoms with Crippen LogP contribution in [-0.4, -0.2) is 21.9 Å². The molecule has 0 fully saturated rings. The average Bonchev–Trinajstić information content (AvgIpc) is 3.43. The van der Waals surface area contributed by atoms with Gasteiger partial charge in [-0.3, -0.25) is 20.2 Å². The second-order valence-corrected chi connectivity index (χ2v) is 9.13. The molecule has 0 atom stereocenters. The molecule has 8 nitrogen and oxygen atoms in total. The van der Waals surface area contributed by atoms with Crippen molar-refractivity contribution < 1.29 is 19.2 Å². The number of benzene rings is 2. The van der Waals surface area contributed by atoms with E-state index in [0.717, 1.165) is 22.6 Å². The summed E-state index contributed by atoms with van der Waals surface area (Å²) >= 11 is 1.98. The molecule has 0 spiro atoms. The second-order valence-electron chi connectivity index (χ2n) is 7.11. The Labute approximate surface area is 197 Å². The molecule has 0 unspecified atom stereocenters. The molecular formula is C23H19N3O5S2. The van der Waals surface area contributed by atoms with Crippen LogP contribution in [0.1, 0.15) is 23.5 Å². The molecule has 2 heterocycles. The van der Waals surface area contributed by atoms with Crippen molar-refractivity contribution in [1.29, 1.82) is 0 Å². The maximum Gasteiger partial charge on any atom is 0.324 e. The van der Waals surface area contributed by atoms with Gasteiger partial charge >= 0.3 is 5.00 Å². The highest BCUT2D eigenvalue weighted by atomic mass is 32.1. The highest BCUT2D eigenvalue weighted by Gasteiger charge is 2.20. The number of nitro groups is 1. The molecule has 0 aliphatic heterocycles. The normalized spacial score (nSPS) is 10.8. The third-order valence-electron chi connectivity index (χ3n) is 4.27. The summed E-state index contributed by atoms with van der Waals surface area (Å²) in [4.78, 5) is 27.8. The van der Waals surface area contributed by atoms with E-state index in [0.29, 0.717) is 21.6 Å². The Bertz CT molecular complexity index is 1270. The minimum atomic E-state index is -0.526. The summed E-state index contributed by atoms with van der Waals surface area (Å²) in [7, 11) is 0. The van der Waals surface area contributed by atoms with Gasteiger partial charge in [0, 0.05) is 11.6 Å². The first-order chi connectivity index (χ1) is 15.9. The highest BCUT2D eigenvalue weighted by Crippen LogP contribution is 2.41. The first-order valence-corrected chi connectivity index (χ1v) is 11.6. The molecule has 10 heteroatoms. The first kappa shape index (κ1) is 22.4. The molecule has 1 amide bonds. The Kier molecular flexibility index (Phi) is 6.66. The molecule has 4 rings (SSSR count). The third-order valence-corrected chi connectivity index (χ3v) is 6.15. The van der Waals surface area contributed by atoms with Gasteiger partial charge in [0.2, 0.25) is 5.06 Å². The molecular weight excluding hydrogens is 462 g/mol. The Morgan fingerprint density at radius 2 is 1.73 bits per heavy atom. The Morgan fingerprint density at radius 3 is 2.36 bits per heavy atom. The Hall–Kier alpha value is -3.76. The number of nitrogens with one attached hydrogen (secondary N) is 1. The lowest BCUT2D eigenvalue weighted by Gasteiger charge is -2.10. The Balaban J connectivity index is 1.62. The van der Waals surface area contributed by atoms with Gasteiger partial charge < -0.3 is 9.47 Å². The third kappa shape index (κ3) is 5.54. The van der Waals surface area contributed by atoms with Crippen molar-refractivity contribution in [3.63, 3.8) is 0 Å². The summed E-state index contributed by atoms with van der Waals surface area (Å²) < 4.78 is 11.8. The van der Waals surface area contributed by atoms with Crippen molar-refractivity contribution in [2.24, 2.45) is 0 Å². The standard InChI is InChI=1S/C23H19N3O5S2/c1-14(2)30-17-10-8-15(9-11-17)20-22(31-16-6-4-3-5-7-16)33-23(24-20)25-21(27)18-12-13-19(32-18)26(28)29/h3-14H,1-2H3,(H,24,25,27). The van der Waals surface area contributed by atoms with Gasteiger partial charge in [-0.25, -0.2) is 4.98 Å². The number of thiophene rings is 1. The van der Waals surface area contributed by atoms with E-state index in [1.807, 2.05) is 68.4 Å². The van der Waals surface area contributed by atoms with E-state index < -0.39 is 10.8 Å². The van der Waals surface area contributed by atoms with Crippen LogP contribution < -0.4 is 14.8 Å². The summed E-state index contributed by atoms with van der Waals surface area (Å²) in [5, 5.41) is 14.3. The molecule has 0 aliphatic rings. The number of para-hydroxylation sites is 1. The van der Waals surface area contributed by atoms with E-state index in [9.17, 15) is 14.9 Å². The van der Waals surface area contributed by atoms with Crippen LogP contribution in [0.5, 0.6) is 16.6 Å². The van der Waals surface area contributed by atoms with E-state index in [2.05, 4.69) is 10.3 Å². The summed E-state index contributed by atoms with van der Waals surface area (Å²) in [6.07, 6.45) is 0.0574. The van der Waals surface area contributed by atoms with Crippen molar-refractivity contribution >= 4 is 38.7 Å². The van der Waals surface area contributed by atoms with Gasteiger partial charge in [-0.1, -0.05) is 40.9 Å². The van der Waals surface area contributed by atoms with E-state index >= 15 is 0 Å². The summed E-state index contributed by atoms with van der Waals surface area (Å²) in [5.74, 6) is 0.900. The minimum Gasteiger partial charge on any atom is -0.491 e. The molecule has 0 radical (unpaired) electrons. The molecule has 0 saturated carbocycles. The topological polar surface area (TPSA) is 104 Å². The van der Waals surface area contributed by atoms with Crippen LogP contribution in [-0.2, 0) is 0 Å². The molecule has 4 aromatic rings. The number of hydrogen-bond acceptors (Lipinski definition) is 8. The number of rotatable bonds is 8. The lowest BCUT2D eigenvalue weighted by Crippen LogP contribution is -2.09. The van der Waals surface area contributed by atoms with Crippen molar-refractivity contribution in [3.8, 4) is 27.8 Å². The maximum absolute atomic E-state index is 12.6. The van der Waals surface area contributed by atoms with Gasteiger partial charge in [-0.2, -0.15) is 0 Å². The molecule has 0 saturated heterocycles. The Morgan fingerprint density at radius 1 is 1.00 bits per heavy atom. The maximum atomic E-state index is 12.6. The second kappa shape index (κ2) is 9.80. The fraction of sp³-hybridized carbons (Fsp3) is 0.130. The lowest BCUT2D eigenvalue weighted by molar-refractivity contribution is -0.380. The fourth-order valence-corrected chi connectivity index (χ4v) is 4.45. The smallest absolute Gasteiger partial charge is 0.324 e. The van der Waals surface area contributed by atoms with E-state index in [-0.39, 0.29) is 16.0 Å². The van der Waals surface area contributed by atoms with Crippen molar-refractivity contribution in [3.05, 3.63) is 81.7 Å². The zero-order chi connectivity index (χ0) is 23.4. The van der Waals surface area contributed by atoms with Crippen LogP contribution in [0.3, 0.4) is 0 Å². The zero-order valence-corrected chi connectivity index (χ0v) is 19.3. The lowest BCUT2D eigenvalue weighted by atomic mass is 10.1. The van der Waals surface area contributed by atoms with Crippen LogP contribution in [0, 0.1) is 10.1 Å². The number of thiazole rings is 1. The number of amides is 1. The van der Waals surface area contributed by atoms with Gasteiger partial charge in [-0.05, 0) is 56.3 Å². The molecule has 1 N–H and O–H groups in total. The largest absolute Gasteiger partial charge is 0.491 e. The molecule has 2 aromatic heterocycles. The highest BCUT2D eigenvalue weighted by molar-refractivity contribution is 7.19. The van der Waals surface area contributed by atoms with Gasteiger partial charge in [0.25, 0.3) is 5.91 Å². The molecule has 0 aliphatic carbocycles. The number of nitrogens with zero attached hydrogens (tertiary/aromatic N) is 2. The van der Waals surface area contributed by atoms with E-state index in [1.165, 1.54) is 23.5 Å². The SMILES string of the molecule is CC(C)Oc1ccc(-c2nc(NC(=O)c3ccc([N+](=O)[O-])s3)sc2Oc2ccccc2)cc1. The van der Waals surface area contributed by atoms with E-state index in [4.69, 9.17) is 9.47 Å². The number of aromatic nitrogens is 1. The van der Waals surface area contributed by atoms with Gasteiger partial charge in [0.05, 0.1) is 15.9 Å². The number of carbonyl (C=O) groups is 1. The number of anilines is 1. The van der Waals surface area contributed by atoms with Crippen molar-refractivity contribution in [2.75, 3.05) is 5.32 Å². The minimum absolute atomic E-state index is 0.0574. The summed E-state index contributed by atoms with van der Waals surface area (Å²) in [6.45, 7) is 3.91.